The molecule has 0 fully saturated rings. The molecule has 0 radical (unpaired) electrons. The summed E-state index contributed by atoms with van der Waals surface area (Å²) in [6.07, 6.45) is 3.76. The lowest BCUT2D eigenvalue weighted by molar-refractivity contribution is -0.138. The van der Waals surface area contributed by atoms with Crippen LogP contribution in [0, 0.1) is 0 Å². The second kappa shape index (κ2) is 5.30. The van der Waals surface area contributed by atoms with Crippen LogP contribution in [0.5, 0.6) is 5.75 Å². The standard InChI is InChI=1S/C14H17NO4/c1-8(14(18)19)15-13(17)11-7-6-9-4-2-3-5-10(9)12(11)16/h6-8,16H,2-5H2,1H3,(H,15,17)(H,18,19). The fourth-order valence-corrected chi connectivity index (χ4v) is 2.33. The van der Waals surface area contributed by atoms with E-state index in [1.54, 1.807) is 6.07 Å². The van der Waals surface area contributed by atoms with Crippen molar-refractivity contribution < 1.29 is 19.8 Å². The van der Waals surface area contributed by atoms with Crippen LogP contribution in [-0.4, -0.2) is 28.1 Å². The van der Waals surface area contributed by atoms with E-state index in [9.17, 15) is 14.7 Å². The average molecular weight is 263 g/mol. The van der Waals surface area contributed by atoms with Crippen LogP contribution in [0.1, 0.15) is 41.3 Å². The normalized spacial score (nSPS) is 15.4. The van der Waals surface area contributed by atoms with E-state index in [-0.39, 0.29) is 11.3 Å². The van der Waals surface area contributed by atoms with Crippen molar-refractivity contribution in [3.63, 3.8) is 0 Å². The zero-order valence-corrected chi connectivity index (χ0v) is 10.8. The highest BCUT2D eigenvalue weighted by Gasteiger charge is 2.22. The van der Waals surface area contributed by atoms with Crippen molar-refractivity contribution in [3.05, 3.63) is 28.8 Å². The molecule has 0 saturated carbocycles. The molecule has 5 heteroatoms. The van der Waals surface area contributed by atoms with Gasteiger partial charge in [0.2, 0.25) is 0 Å². The van der Waals surface area contributed by atoms with Crippen LogP contribution in [0.15, 0.2) is 12.1 Å². The first-order valence-electron chi connectivity index (χ1n) is 6.38. The Morgan fingerprint density at radius 3 is 2.63 bits per heavy atom. The fraction of sp³-hybridized carbons (Fsp3) is 0.429. The quantitative estimate of drug-likeness (QED) is 0.770. The molecule has 0 aliphatic heterocycles. The van der Waals surface area contributed by atoms with Gasteiger partial charge in [0.1, 0.15) is 11.8 Å². The molecule has 1 atom stereocenters. The maximum Gasteiger partial charge on any atom is 0.325 e. The first-order valence-corrected chi connectivity index (χ1v) is 6.38. The number of hydrogen-bond acceptors (Lipinski definition) is 3. The van der Waals surface area contributed by atoms with Crippen molar-refractivity contribution in [1.29, 1.82) is 0 Å². The number of aliphatic carboxylic acids is 1. The van der Waals surface area contributed by atoms with Crippen molar-refractivity contribution in [3.8, 4) is 5.75 Å². The lowest BCUT2D eigenvalue weighted by atomic mass is 9.89. The minimum Gasteiger partial charge on any atom is -0.507 e. The van der Waals surface area contributed by atoms with Crippen molar-refractivity contribution in [1.82, 2.24) is 5.32 Å². The van der Waals surface area contributed by atoms with E-state index in [0.717, 1.165) is 36.8 Å². The number of aryl methyl sites for hydroxylation is 1. The number of phenols is 1. The Hall–Kier alpha value is -2.04. The molecule has 1 aliphatic rings. The van der Waals surface area contributed by atoms with Gasteiger partial charge in [-0.3, -0.25) is 9.59 Å². The lowest BCUT2D eigenvalue weighted by Crippen LogP contribution is -2.38. The van der Waals surface area contributed by atoms with Crippen LogP contribution in [0.25, 0.3) is 0 Å². The Labute approximate surface area is 111 Å². The van der Waals surface area contributed by atoms with Gasteiger partial charge in [-0.15, -0.1) is 0 Å². The topological polar surface area (TPSA) is 86.6 Å². The number of aromatic hydroxyl groups is 1. The Morgan fingerprint density at radius 2 is 1.95 bits per heavy atom. The largest absolute Gasteiger partial charge is 0.507 e. The van der Waals surface area contributed by atoms with Crippen molar-refractivity contribution in [2.24, 2.45) is 0 Å². The van der Waals surface area contributed by atoms with Gasteiger partial charge in [-0.05, 0) is 49.8 Å². The van der Waals surface area contributed by atoms with Crippen molar-refractivity contribution in [2.75, 3.05) is 0 Å². The second-order valence-electron chi connectivity index (χ2n) is 4.84. The van der Waals surface area contributed by atoms with Gasteiger partial charge in [0.15, 0.2) is 0 Å². The number of benzene rings is 1. The molecule has 1 aliphatic carbocycles. The molecule has 1 aromatic rings. The molecule has 1 aromatic carbocycles. The molecule has 1 unspecified atom stereocenters. The first-order chi connectivity index (χ1) is 9.00. The van der Waals surface area contributed by atoms with Gasteiger partial charge in [0.05, 0.1) is 5.56 Å². The molecule has 0 spiro atoms. The van der Waals surface area contributed by atoms with E-state index < -0.39 is 17.9 Å². The van der Waals surface area contributed by atoms with Gasteiger partial charge in [-0.2, -0.15) is 0 Å². The highest BCUT2D eigenvalue weighted by molar-refractivity contribution is 5.99. The predicted molar refractivity (Wildman–Crippen MR) is 69.3 cm³/mol. The molecule has 0 bridgehead atoms. The summed E-state index contributed by atoms with van der Waals surface area (Å²) in [5.41, 5.74) is 2.04. The molecule has 5 nitrogen and oxygen atoms in total. The highest BCUT2D eigenvalue weighted by Crippen LogP contribution is 2.31. The summed E-state index contributed by atoms with van der Waals surface area (Å²) >= 11 is 0. The van der Waals surface area contributed by atoms with Crippen LogP contribution >= 0.6 is 0 Å². The molecule has 2 rings (SSSR count). The number of carbonyl (C=O) groups is 2. The maximum absolute atomic E-state index is 11.9. The van der Waals surface area contributed by atoms with Crippen LogP contribution in [0.3, 0.4) is 0 Å². The lowest BCUT2D eigenvalue weighted by Gasteiger charge is -2.19. The summed E-state index contributed by atoms with van der Waals surface area (Å²) in [7, 11) is 0. The third-order valence-corrected chi connectivity index (χ3v) is 3.47. The molecule has 0 saturated heterocycles. The Balaban J connectivity index is 2.25. The first kappa shape index (κ1) is 13.4. The van der Waals surface area contributed by atoms with E-state index in [2.05, 4.69) is 5.32 Å². The van der Waals surface area contributed by atoms with Gasteiger partial charge in [-0.25, -0.2) is 0 Å². The fourth-order valence-electron chi connectivity index (χ4n) is 2.33. The van der Waals surface area contributed by atoms with Crippen LogP contribution in [0.4, 0.5) is 0 Å². The summed E-state index contributed by atoms with van der Waals surface area (Å²) < 4.78 is 0. The zero-order valence-electron chi connectivity index (χ0n) is 10.8. The summed E-state index contributed by atoms with van der Waals surface area (Å²) in [6.45, 7) is 1.38. The molecule has 102 valence electrons. The van der Waals surface area contributed by atoms with Gasteiger partial charge in [0.25, 0.3) is 5.91 Å². The van der Waals surface area contributed by atoms with Crippen molar-refractivity contribution >= 4 is 11.9 Å². The minimum absolute atomic E-state index is 0.00714. The van der Waals surface area contributed by atoms with Gasteiger partial charge >= 0.3 is 5.97 Å². The number of carboxylic acids is 1. The predicted octanol–water partition coefficient (Wildman–Crippen LogP) is 1.47. The monoisotopic (exact) mass is 263 g/mol. The van der Waals surface area contributed by atoms with Crippen molar-refractivity contribution in [2.45, 2.75) is 38.6 Å². The van der Waals surface area contributed by atoms with Gasteiger partial charge in [0, 0.05) is 0 Å². The SMILES string of the molecule is CC(NC(=O)c1ccc2c(c1O)CCCC2)C(=O)O. The van der Waals surface area contributed by atoms with Gasteiger partial charge in [-0.1, -0.05) is 6.07 Å². The molecule has 0 aromatic heterocycles. The number of phenolic OH excluding ortho intramolecular Hbond substituents is 1. The number of nitrogens with one attached hydrogen (secondary N) is 1. The van der Waals surface area contributed by atoms with Crippen LogP contribution in [0.2, 0.25) is 0 Å². The summed E-state index contributed by atoms with van der Waals surface area (Å²) in [5, 5.41) is 21.3. The van der Waals surface area contributed by atoms with E-state index in [1.807, 2.05) is 6.07 Å². The number of hydrogen-bond donors (Lipinski definition) is 3. The number of carboxylic acid groups (broad SMARTS) is 1. The average Bonchev–Trinajstić information content (AvgIpc) is 2.39. The van der Waals surface area contributed by atoms with E-state index >= 15 is 0 Å². The van der Waals surface area contributed by atoms with E-state index in [1.165, 1.54) is 6.92 Å². The number of amides is 1. The number of fused-ring (bicyclic) bond motifs is 1. The van der Waals surface area contributed by atoms with Crippen LogP contribution in [-0.2, 0) is 17.6 Å². The molecular weight excluding hydrogens is 246 g/mol. The smallest absolute Gasteiger partial charge is 0.325 e. The maximum atomic E-state index is 11.9. The Kier molecular flexibility index (Phi) is 3.74. The zero-order chi connectivity index (χ0) is 14.0. The number of rotatable bonds is 3. The molecule has 19 heavy (non-hydrogen) atoms. The second-order valence-corrected chi connectivity index (χ2v) is 4.84. The van der Waals surface area contributed by atoms with Crippen LogP contribution < -0.4 is 5.32 Å². The van der Waals surface area contributed by atoms with Gasteiger partial charge < -0.3 is 15.5 Å². The molecule has 3 N–H and O–H groups in total. The Morgan fingerprint density at radius 1 is 1.26 bits per heavy atom. The minimum atomic E-state index is -1.11. The third-order valence-electron chi connectivity index (χ3n) is 3.47. The summed E-state index contributed by atoms with van der Waals surface area (Å²) in [5.74, 6) is -1.67. The van der Waals surface area contributed by atoms with E-state index in [4.69, 9.17) is 5.11 Å². The summed E-state index contributed by atoms with van der Waals surface area (Å²) in [4.78, 5) is 22.6. The number of carbonyl (C=O) groups excluding carboxylic acids is 1. The molecular formula is C14H17NO4. The third kappa shape index (κ3) is 2.70. The molecule has 0 heterocycles. The van der Waals surface area contributed by atoms with E-state index in [0.29, 0.717) is 0 Å². The highest BCUT2D eigenvalue weighted by atomic mass is 16.4. The Bertz CT molecular complexity index is 524. The molecule has 1 amide bonds. The summed E-state index contributed by atoms with van der Waals surface area (Å²) in [6, 6.07) is 2.42.